The largest absolute Gasteiger partial charge is 0.496 e. The molecule has 1 aromatic heterocycles. The number of aryl methyl sites for hydroxylation is 2. The van der Waals surface area contributed by atoms with Gasteiger partial charge < -0.3 is 20.9 Å². The minimum absolute atomic E-state index is 0.0899. The molecule has 6 nitrogen and oxygen atoms in total. The van der Waals surface area contributed by atoms with Gasteiger partial charge in [-0.2, -0.15) is 0 Å². The number of ether oxygens (including phenoxy) is 1. The molecule has 0 bridgehead atoms. The Morgan fingerprint density at radius 1 is 1.36 bits per heavy atom. The number of nitrogens with zero attached hydrogens (tertiary/aromatic N) is 1. The maximum Gasteiger partial charge on any atom is 0.307 e. The van der Waals surface area contributed by atoms with Crippen LogP contribution in [0.25, 0.3) is 0 Å². The average Bonchev–Trinajstić information content (AvgIpc) is 2.45. The van der Waals surface area contributed by atoms with Gasteiger partial charge in [-0.25, -0.2) is 4.98 Å². The Morgan fingerprint density at radius 2 is 2.09 bits per heavy atom. The van der Waals surface area contributed by atoms with Crippen LogP contribution in [0.2, 0.25) is 0 Å². The molecule has 116 valence electrons. The first-order valence-corrected chi connectivity index (χ1v) is 6.80. The van der Waals surface area contributed by atoms with Crippen molar-refractivity contribution in [1.29, 1.82) is 0 Å². The fraction of sp³-hybridized carbons (Fsp3) is 0.250. The predicted octanol–water partition coefficient (Wildman–Crippen LogP) is 2.66. The minimum atomic E-state index is -0.903. The molecule has 0 spiro atoms. The van der Waals surface area contributed by atoms with E-state index in [4.69, 9.17) is 15.6 Å². The van der Waals surface area contributed by atoms with Crippen molar-refractivity contribution in [3.63, 3.8) is 0 Å². The highest BCUT2D eigenvalue weighted by Gasteiger charge is 2.10. The number of rotatable bonds is 5. The molecular formula is C16H19N3O3. The number of benzene rings is 1. The van der Waals surface area contributed by atoms with Crippen molar-refractivity contribution >= 4 is 23.2 Å². The highest BCUT2D eigenvalue weighted by atomic mass is 16.5. The van der Waals surface area contributed by atoms with E-state index in [1.165, 1.54) is 7.11 Å². The van der Waals surface area contributed by atoms with E-state index in [9.17, 15) is 4.79 Å². The molecule has 0 aliphatic carbocycles. The molecule has 0 radical (unpaired) electrons. The molecule has 6 heteroatoms. The van der Waals surface area contributed by atoms with Crippen LogP contribution in [0.15, 0.2) is 24.3 Å². The quantitative estimate of drug-likeness (QED) is 0.785. The molecule has 2 rings (SSSR count). The zero-order valence-electron chi connectivity index (χ0n) is 12.8. The second-order valence-electron chi connectivity index (χ2n) is 5.06. The third-order valence-electron chi connectivity index (χ3n) is 3.29. The fourth-order valence-electron chi connectivity index (χ4n) is 2.21. The maximum atomic E-state index is 10.8. The third-order valence-corrected chi connectivity index (χ3v) is 3.29. The van der Waals surface area contributed by atoms with E-state index in [2.05, 4.69) is 10.3 Å². The van der Waals surface area contributed by atoms with Gasteiger partial charge in [-0.3, -0.25) is 4.79 Å². The van der Waals surface area contributed by atoms with Gasteiger partial charge in [0.15, 0.2) is 5.82 Å². The van der Waals surface area contributed by atoms with E-state index in [0.29, 0.717) is 22.8 Å². The van der Waals surface area contributed by atoms with Crippen molar-refractivity contribution in [2.75, 3.05) is 18.2 Å². The number of nitrogens with two attached hydrogens (primary N) is 1. The number of nitrogen functional groups attached to an aromatic ring is 1. The van der Waals surface area contributed by atoms with E-state index in [1.54, 1.807) is 18.2 Å². The third kappa shape index (κ3) is 3.46. The van der Waals surface area contributed by atoms with Crippen LogP contribution >= 0.6 is 0 Å². The minimum Gasteiger partial charge on any atom is -0.496 e. The Morgan fingerprint density at radius 3 is 2.73 bits per heavy atom. The van der Waals surface area contributed by atoms with Gasteiger partial charge in [-0.15, -0.1) is 0 Å². The Kier molecular flexibility index (Phi) is 4.50. The molecule has 0 amide bonds. The summed E-state index contributed by atoms with van der Waals surface area (Å²) >= 11 is 0. The summed E-state index contributed by atoms with van der Waals surface area (Å²) in [6.07, 6.45) is -0.0899. The number of carbonyl (C=O) groups is 1. The maximum absolute atomic E-state index is 10.8. The zero-order valence-corrected chi connectivity index (χ0v) is 12.8. The Bertz CT molecular complexity index is 714. The van der Waals surface area contributed by atoms with Crippen LogP contribution in [-0.4, -0.2) is 23.2 Å². The molecule has 1 aromatic carbocycles. The van der Waals surface area contributed by atoms with Crippen molar-refractivity contribution < 1.29 is 14.6 Å². The molecule has 0 saturated carbocycles. The number of hydrogen-bond acceptors (Lipinski definition) is 5. The van der Waals surface area contributed by atoms with Crippen molar-refractivity contribution in [2.45, 2.75) is 20.3 Å². The van der Waals surface area contributed by atoms with E-state index in [-0.39, 0.29) is 6.42 Å². The highest BCUT2D eigenvalue weighted by Crippen LogP contribution is 2.28. The Balaban J connectivity index is 2.33. The van der Waals surface area contributed by atoms with Crippen LogP contribution in [0.5, 0.6) is 5.75 Å². The first kappa shape index (κ1) is 15.6. The Hall–Kier alpha value is -2.76. The molecule has 1 heterocycles. The molecule has 2 aromatic rings. The second-order valence-corrected chi connectivity index (χ2v) is 5.06. The van der Waals surface area contributed by atoms with Crippen molar-refractivity contribution in [2.24, 2.45) is 0 Å². The number of aliphatic carboxylic acids is 1. The first-order valence-electron chi connectivity index (χ1n) is 6.80. The number of pyridine rings is 1. The lowest BCUT2D eigenvalue weighted by Gasteiger charge is -2.13. The molecule has 0 fully saturated rings. The molecule has 0 aliphatic rings. The summed E-state index contributed by atoms with van der Waals surface area (Å²) in [6.45, 7) is 3.82. The second kappa shape index (κ2) is 6.34. The fourth-order valence-corrected chi connectivity index (χ4v) is 2.21. The van der Waals surface area contributed by atoms with Gasteiger partial charge in [0.25, 0.3) is 0 Å². The van der Waals surface area contributed by atoms with Gasteiger partial charge in [0.1, 0.15) is 5.75 Å². The molecular weight excluding hydrogens is 282 g/mol. The van der Waals surface area contributed by atoms with E-state index in [1.807, 2.05) is 19.9 Å². The van der Waals surface area contributed by atoms with E-state index < -0.39 is 5.97 Å². The van der Waals surface area contributed by atoms with Crippen molar-refractivity contribution in [3.8, 4) is 5.75 Å². The summed E-state index contributed by atoms with van der Waals surface area (Å²) in [4.78, 5) is 15.2. The number of anilines is 3. The average molecular weight is 301 g/mol. The highest BCUT2D eigenvalue weighted by molar-refractivity contribution is 5.74. The van der Waals surface area contributed by atoms with Gasteiger partial charge in [0, 0.05) is 23.0 Å². The topological polar surface area (TPSA) is 97.5 Å². The van der Waals surface area contributed by atoms with Crippen LogP contribution in [0.1, 0.15) is 16.8 Å². The van der Waals surface area contributed by atoms with Crippen LogP contribution in [0.3, 0.4) is 0 Å². The lowest BCUT2D eigenvalue weighted by atomic mass is 10.1. The van der Waals surface area contributed by atoms with Crippen LogP contribution < -0.4 is 15.8 Å². The predicted molar refractivity (Wildman–Crippen MR) is 85.7 cm³/mol. The van der Waals surface area contributed by atoms with Gasteiger partial charge >= 0.3 is 5.97 Å². The van der Waals surface area contributed by atoms with Crippen LogP contribution in [0, 0.1) is 13.8 Å². The normalized spacial score (nSPS) is 10.3. The summed E-state index contributed by atoms with van der Waals surface area (Å²) in [5, 5.41) is 12.0. The lowest BCUT2D eigenvalue weighted by molar-refractivity contribution is -0.136. The Labute approximate surface area is 128 Å². The standard InChI is InChI=1S/C16H19N3O3/c1-9-6-10(2)18-16(15(9)17)19-12-5-4-11(7-14(20)21)13(8-12)22-3/h4-6,8H,7,17H2,1-3H3,(H,18,19)(H,20,21). The first-order chi connectivity index (χ1) is 10.4. The molecule has 0 aliphatic heterocycles. The molecule has 22 heavy (non-hydrogen) atoms. The van der Waals surface area contributed by atoms with Gasteiger partial charge in [-0.05, 0) is 31.5 Å². The van der Waals surface area contributed by atoms with Crippen molar-refractivity contribution in [1.82, 2.24) is 4.98 Å². The van der Waals surface area contributed by atoms with Crippen molar-refractivity contribution in [3.05, 3.63) is 41.1 Å². The molecule has 0 unspecified atom stereocenters. The summed E-state index contributed by atoms with van der Waals surface area (Å²) < 4.78 is 5.25. The number of nitrogens with one attached hydrogen (secondary N) is 1. The number of carboxylic acid groups (broad SMARTS) is 1. The molecule has 0 saturated heterocycles. The van der Waals surface area contributed by atoms with E-state index in [0.717, 1.165) is 16.9 Å². The van der Waals surface area contributed by atoms with Gasteiger partial charge in [0.05, 0.1) is 19.2 Å². The van der Waals surface area contributed by atoms with Gasteiger partial charge in [0.2, 0.25) is 0 Å². The SMILES string of the molecule is COc1cc(Nc2nc(C)cc(C)c2N)ccc1CC(=O)O. The summed E-state index contributed by atoms with van der Waals surface area (Å²) in [5.41, 5.74) is 9.77. The van der Waals surface area contributed by atoms with Crippen LogP contribution in [0.4, 0.5) is 17.2 Å². The summed E-state index contributed by atoms with van der Waals surface area (Å²) in [5.74, 6) is 0.181. The molecule has 4 N–H and O–H groups in total. The molecule has 0 atom stereocenters. The smallest absolute Gasteiger partial charge is 0.307 e. The van der Waals surface area contributed by atoms with E-state index >= 15 is 0 Å². The number of aromatic nitrogens is 1. The summed E-state index contributed by atoms with van der Waals surface area (Å²) in [7, 11) is 1.51. The summed E-state index contributed by atoms with van der Waals surface area (Å²) in [6, 6.07) is 7.14. The van der Waals surface area contributed by atoms with Crippen LogP contribution in [-0.2, 0) is 11.2 Å². The number of methoxy groups -OCH3 is 1. The van der Waals surface area contributed by atoms with Gasteiger partial charge in [-0.1, -0.05) is 6.07 Å². The monoisotopic (exact) mass is 301 g/mol. The lowest BCUT2D eigenvalue weighted by Crippen LogP contribution is -2.05. The number of carboxylic acids is 1. The number of hydrogen-bond donors (Lipinski definition) is 3. The zero-order chi connectivity index (χ0) is 16.3.